The molecule has 2 fully saturated rings. The van der Waals surface area contributed by atoms with Gasteiger partial charge in [-0.05, 0) is 89.0 Å². The number of nitrogens with one attached hydrogen (secondary N) is 4. The van der Waals surface area contributed by atoms with E-state index in [-0.39, 0.29) is 35.5 Å². The zero-order valence-electron chi connectivity index (χ0n) is 30.9. The molecule has 15 nitrogen and oxygen atoms in total. The molecule has 2 aromatic heterocycles. The van der Waals surface area contributed by atoms with Crippen molar-refractivity contribution in [3.8, 4) is 0 Å². The number of sulfonamides is 1. The molecular formula is C37H49FN8O7S. The quantitative estimate of drug-likeness (QED) is 0.278. The zero-order chi connectivity index (χ0) is 39.3. The molecule has 4 amide bonds. The minimum Gasteiger partial charge on any atom is -0.354 e. The van der Waals surface area contributed by atoms with Gasteiger partial charge in [0.25, 0.3) is 17.4 Å². The van der Waals surface area contributed by atoms with E-state index in [0.717, 1.165) is 38.5 Å². The summed E-state index contributed by atoms with van der Waals surface area (Å²) in [7, 11) is -2.22. The molecular weight excluding hydrogens is 720 g/mol. The first-order valence-corrected chi connectivity index (χ1v) is 19.7. The van der Waals surface area contributed by atoms with Crippen LogP contribution in [0.4, 0.5) is 4.39 Å². The molecule has 1 aliphatic carbocycles. The number of carbonyl (C=O) groups excluding carboxylic acids is 4. The van der Waals surface area contributed by atoms with E-state index < -0.39 is 32.8 Å². The highest BCUT2D eigenvalue weighted by atomic mass is 32.2. The van der Waals surface area contributed by atoms with Gasteiger partial charge in [-0.2, -0.15) is 0 Å². The first-order chi connectivity index (χ1) is 25.8. The second-order valence-electron chi connectivity index (χ2n) is 13.6. The van der Waals surface area contributed by atoms with Gasteiger partial charge in [-0.25, -0.2) is 27.8 Å². The Hall–Kier alpha value is -5.06. The summed E-state index contributed by atoms with van der Waals surface area (Å²) in [5, 5.41) is 5.16. The van der Waals surface area contributed by atoms with E-state index in [9.17, 15) is 36.8 Å². The third kappa shape index (κ3) is 11.5. The summed E-state index contributed by atoms with van der Waals surface area (Å²) in [6, 6.07) is 4.11. The number of benzene rings is 1. The first kappa shape index (κ1) is 41.7. The number of halogens is 1. The first-order valence-electron chi connectivity index (χ1n) is 18.3. The number of hydrogen-bond acceptors (Lipinski definition) is 10. The van der Waals surface area contributed by atoms with Gasteiger partial charge in [0.15, 0.2) is 0 Å². The Kier molecular flexibility index (Phi) is 14.9. The van der Waals surface area contributed by atoms with Gasteiger partial charge in [-0.15, -0.1) is 0 Å². The molecule has 1 saturated heterocycles. The van der Waals surface area contributed by atoms with Crippen LogP contribution in [0.5, 0.6) is 0 Å². The van der Waals surface area contributed by atoms with Crippen LogP contribution in [0, 0.1) is 5.82 Å². The molecule has 3 aromatic rings. The molecule has 54 heavy (non-hydrogen) atoms. The second kappa shape index (κ2) is 19.3. The molecule has 2 atom stereocenters. The van der Waals surface area contributed by atoms with Crippen LogP contribution < -0.4 is 20.9 Å². The number of rotatable bonds is 5. The van der Waals surface area contributed by atoms with Crippen LogP contribution in [-0.2, 0) is 30.8 Å². The topological polar surface area (TPSA) is 213 Å². The van der Waals surface area contributed by atoms with Gasteiger partial charge >= 0.3 is 0 Å². The molecule has 1 saturated carbocycles. The number of hydrogen-bond donors (Lipinski definition) is 4. The molecule has 1 aromatic carbocycles. The fourth-order valence-electron chi connectivity index (χ4n) is 5.88. The van der Waals surface area contributed by atoms with Crippen molar-refractivity contribution >= 4 is 44.7 Å². The molecule has 0 spiro atoms. The second-order valence-corrected chi connectivity index (χ2v) is 15.8. The normalized spacial score (nSPS) is 20.6. The van der Waals surface area contributed by atoms with Crippen molar-refractivity contribution in [3.05, 3.63) is 76.5 Å². The van der Waals surface area contributed by atoms with Gasteiger partial charge in [0.2, 0.25) is 21.8 Å². The van der Waals surface area contributed by atoms with Crippen molar-refractivity contribution in [2.45, 2.75) is 108 Å². The Labute approximate surface area is 314 Å². The van der Waals surface area contributed by atoms with Crippen LogP contribution in [0.1, 0.15) is 101 Å². The Morgan fingerprint density at radius 3 is 2.50 bits per heavy atom. The van der Waals surface area contributed by atoms with Crippen molar-refractivity contribution in [3.63, 3.8) is 0 Å². The smallest absolute Gasteiger partial charge is 0.270 e. The van der Waals surface area contributed by atoms with Crippen LogP contribution in [-0.4, -0.2) is 87.3 Å². The molecule has 4 heterocycles. The summed E-state index contributed by atoms with van der Waals surface area (Å²) in [4.78, 5) is 76.1. The predicted octanol–water partition coefficient (Wildman–Crippen LogP) is 3.22. The lowest BCUT2D eigenvalue weighted by molar-refractivity contribution is -0.139. The Balaban J connectivity index is 0.000000221. The number of H-pyrrole nitrogens is 1. The highest BCUT2D eigenvalue weighted by molar-refractivity contribution is 7.91. The van der Waals surface area contributed by atoms with Gasteiger partial charge in [0.1, 0.15) is 35.6 Å². The number of aromatic amines is 1. The summed E-state index contributed by atoms with van der Waals surface area (Å²) in [6.45, 7) is 4.01. The van der Waals surface area contributed by atoms with Crippen LogP contribution in [0.2, 0.25) is 0 Å². The van der Waals surface area contributed by atoms with E-state index >= 15 is 0 Å². The Bertz CT molecular complexity index is 1990. The average molecular weight is 769 g/mol. The number of nitrogens with zero attached hydrogens (tertiary/aromatic N) is 4. The third-order valence-corrected chi connectivity index (χ3v) is 11.7. The Morgan fingerprint density at radius 2 is 1.81 bits per heavy atom. The summed E-state index contributed by atoms with van der Waals surface area (Å²) in [5.41, 5.74) is 1.67. The maximum absolute atomic E-state index is 12.9. The largest absolute Gasteiger partial charge is 0.354 e. The van der Waals surface area contributed by atoms with Crippen molar-refractivity contribution in [1.29, 1.82) is 0 Å². The maximum atomic E-state index is 12.9. The van der Waals surface area contributed by atoms with Gasteiger partial charge in [-0.3, -0.25) is 28.7 Å². The molecule has 292 valence electrons. The maximum Gasteiger partial charge on any atom is 0.270 e. The highest BCUT2D eigenvalue weighted by Gasteiger charge is 2.51. The SMILES string of the molecule is CC1(S(=O)(=O)NC(=O)C2C/C=C\CCCCCCC(=O)N3CCCC3C(=O)N2)CC1.CCc1nc2ccc(F)cc2[nH]c1=O.CNC(=O)c1ccncn1. The van der Waals surface area contributed by atoms with E-state index in [1.807, 2.05) is 19.1 Å². The summed E-state index contributed by atoms with van der Waals surface area (Å²) in [6.07, 6.45) is 14.9. The lowest BCUT2D eigenvalue weighted by Crippen LogP contribution is -2.54. The summed E-state index contributed by atoms with van der Waals surface area (Å²) >= 11 is 0. The number of allylic oxidation sites excluding steroid dienone is 1. The predicted molar refractivity (Wildman–Crippen MR) is 200 cm³/mol. The van der Waals surface area contributed by atoms with Crippen molar-refractivity contribution in [1.82, 2.24) is 40.2 Å². The average Bonchev–Trinajstić information content (AvgIpc) is 3.73. The molecule has 17 heteroatoms. The molecule has 2 unspecified atom stereocenters. The van der Waals surface area contributed by atoms with Crippen molar-refractivity contribution < 1.29 is 32.0 Å². The highest BCUT2D eigenvalue weighted by Crippen LogP contribution is 2.42. The number of aryl methyl sites for hydroxylation is 1. The minimum absolute atomic E-state index is 0.0223. The number of amides is 4. The van der Waals surface area contributed by atoms with Crippen LogP contribution in [0.25, 0.3) is 11.0 Å². The third-order valence-electron chi connectivity index (χ3n) is 9.50. The van der Waals surface area contributed by atoms with Gasteiger partial charge in [0.05, 0.1) is 15.8 Å². The van der Waals surface area contributed by atoms with E-state index in [1.54, 1.807) is 31.0 Å². The summed E-state index contributed by atoms with van der Waals surface area (Å²) < 4.78 is 39.0. The lowest BCUT2D eigenvalue weighted by atomic mass is 10.1. The van der Waals surface area contributed by atoms with Gasteiger partial charge in [-0.1, -0.05) is 31.9 Å². The number of carbonyl (C=O) groups is 4. The van der Waals surface area contributed by atoms with E-state index in [1.165, 1.54) is 24.7 Å². The summed E-state index contributed by atoms with van der Waals surface area (Å²) in [5.74, 6) is -1.70. The molecule has 0 bridgehead atoms. The lowest BCUT2D eigenvalue weighted by Gasteiger charge is -2.26. The van der Waals surface area contributed by atoms with Gasteiger partial charge < -0.3 is 20.5 Å². The van der Waals surface area contributed by atoms with E-state index in [0.29, 0.717) is 61.1 Å². The molecule has 4 N–H and O–H groups in total. The van der Waals surface area contributed by atoms with Crippen LogP contribution >= 0.6 is 0 Å². The van der Waals surface area contributed by atoms with Crippen molar-refractivity contribution in [2.24, 2.45) is 0 Å². The number of fused-ring (bicyclic) bond motifs is 2. The zero-order valence-corrected chi connectivity index (χ0v) is 31.7. The van der Waals surface area contributed by atoms with E-state index in [2.05, 4.69) is 35.3 Å². The van der Waals surface area contributed by atoms with E-state index in [4.69, 9.17) is 0 Å². The van der Waals surface area contributed by atoms with Crippen LogP contribution in [0.15, 0.2) is 53.7 Å². The van der Waals surface area contributed by atoms with Gasteiger partial charge in [0, 0.05) is 26.2 Å². The van der Waals surface area contributed by atoms with Crippen LogP contribution in [0.3, 0.4) is 0 Å². The molecule has 0 radical (unpaired) electrons. The monoisotopic (exact) mass is 768 g/mol. The Morgan fingerprint density at radius 1 is 1.06 bits per heavy atom. The number of aromatic nitrogens is 4. The molecule has 2 aliphatic heterocycles. The van der Waals surface area contributed by atoms with Crippen molar-refractivity contribution in [2.75, 3.05) is 13.6 Å². The molecule has 6 rings (SSSR count). The fraction of sp³-hybridized carbons (Fsp3) is 0.514. The minimum atomic E-state index is -3.78. The molecule has 3 aliphatic rings. The fourth-order valence-corrected chi connectivity index (χ4v) is 7.18. The standard InChI is InChI=1S/C21H33N3O5S.C10H9FN2O.C6H7N3O/c1-21(13-14-21)30(28,29)23-19(26)16-10-7-5-3-2-4-6-8-12-18(25)24-15-9-11-17(24)20(27)22-16;1-2-7-10(14)13-9-5-6(11)3-4-8(9)12-7;1-7-6(10)5-2-3-8-4-9-5/h5,7,16-17H,2-4,6,8-15H2,1H3,(H,22,27)(H,23,26);3-5H,2H2,1H3,(H,13,14);2-4H,1H3,(H,7,10)/b7-5-;;.